The molecule has 6 aromatic rings. The van der Waals surface area contributed by atoms with E-state index in [-0.39, 0.29) is 84.6 Å². The van der Waals surface area contributed by atoms with E-state index >= 15 is 0 Å². The second-order valence-electron chi connectivity index (χ2n) is 14.5. The number of aromatic nitrogens is 6. The zero-order chi connectivity index (χ0) is 42.8. The van der Waals surface area contributed by atoms with Crippen molar-refractivity contribution in [3.8, 4) is 22.9 Å². The first-order valence-electron chi connectivity index (χ1n) is 19.6. The lowest BCUT2D eigenvalue weighted by Crippen LogP contribution is -2.51. The first kappa shape index (κ1) is 41.2. The molecule has 61 heavy (non-hydrogen) atoms. The minimum Gasteiger partial charge on any atom is -0.492 e. The summed E-state index contributed by atoms with van der Waals surface area (Å²) in [7, 11) is 0. The minimum atomic E-state index is -4.63. The fraction of sp³-hybridized carbons (Fsp3) is 0.310. The summed E-state index contributed by atoms with van der Waals surface area (Å²) >= 11 is 6.19. The first-order valence-corrected chi connectivity index (χ1v) is 20.0. The van der Waals surface area contributed by atoms with E-state index in [0.29, 0.717) is 36.6 Å². The van der Waals surface area contributed by atoms with Crippen molar-refractivity contribution in [3.05, 3.63) is 122 Å². The Morgan fingerprint density at radius 3 is 2.54 bits per heavy atom. The van der Waals surface area contributed by atoms with Gasteiger partial charge in [-0.2, -0.15) is 22.7 Å². The van der Waals surface area contributed by atoms with Crippen molar-refractivity contribution in [1.82, 2.24) is 39.3 Å². The highest BCUT2D eigenvalue weighted by molar-refractivity contribution is 6.33. The third kappa shape index (κ3) is 8.58. The largest absolute Gasteiger partial charge is 0.492 e. The highest BCUT2D eigenvalue weighted by Crippen LogP contribution is 2.34. The topological polar surface area (TPSA) is 161 Å². The molecule has 0 saturated carbocycles. The molecule has 1 saturated heterocycles. The number of rotatable bonds is 10. The van der Waals surface area contributed by atoms with E-state index in [1.54, 1.807) is 22.5 Å². The van der Waals surface area contributed by atoms with Crippen LogP contribution in [-0.4, -0.2) is 85.2 Å². The predicted molar refractivity (Wildman–Crippen MR) is 220 cm³/mol. The van der Waals surface area contributed by atoms with Gasteiger partial charge in [-0.1, -0.05) is 48.9 Å². The quantitative estimate of drug-likeness (QED) is 0.178. The molecule has 3 aromatic heterocycles. The van der Waals surface area contributed by atoms with E-state index in [2.05, 4.69) is 25.7 Å². The Balaban J connectivity index is 1.11. The molecular formula is C42H40ClF3N10O5. The zero-order valence-corrected chi connectivity index (χ0v) is 33.9. The number of carbonyl (C=O) groups excluding carboxylic acids is 2. The van der Waals surface area contributed by atoms with Crippen LogP contribution in [0.15, 0.2) is 77.9 Å². The number of alkyl halides is 3. The van der Waals surface area contributed by atoms with Crippen LogP contribution < -0.4 is 30.6 Å². The third-order valence-corrected chi connectivity index (χ3v) is 10.8. The fourth-order valence-electron chi connectivity index (χ4n) is 7.43. The molecule has 2 aliphatic rings. The lowest BCUT2D eigenvalue weighted by Gasteiger charge is -2.36. The number of piperazine rings is 1. The molecule has 0 bridgehead atoms. The molecule has 316 valence electrons. The van der Waals surface area contributed by atoms with Gasteiger partial charge >= 0.3 is 6.18 Å². The van der Waals surface area contributed by atoms with E-state index in [4.69, 9.17) is 26.1 Å². The van der Waals surface area contributed by atoms with Crippen molar-refractivity contribution in [2.45, 2.75) is 46.1 Å². The first-order chi connectivity index (χ1) is 29.4. The molecule has 0 spiro atoms. The van der Waals surface area contributed by atoms with Gasteiger partial charge in [0, 0.05) is 50.4 Å². The summed E-state index contributed by atoms with van der Waals surface area (Å²) in [5.74, 6) is 0.328. The SMILES string of the molecule is CCc1c(N2CCN(C(=O)c3ncnc(C)c3OCc3ccccc3)CC2)c(=O)n2nc(-c3ccc4c(c3)CNCCO4)nc2n1CC(=O)Nc1ccc(C(F)(F)F)cc1Cl. The third-order valence-electron chi connectivity index (χ3n) is 10.5. The highest BCUT2D eigenvalue weighted by Gasteiger charge is 2.33. The van der Waals surface area contributed by atoms with Crippen LogP contribution in [0.1, 0.15) is 45.5 Å². The second kappa shape index (κ2) is 17.2. The van der Waals surface area contributed by atoms with Crippen molar-refractivity contribution in [3.63, 3.8) is 0 Å². The average molecular weight is 857 g/mol. The van der Waals surface area contributed by atoms with Crippen molar-refractivity contribution in [2.75, 3.05) is 49.5 Å². The summed E-state index contributed by atoms with van der Waals surface area (Å²) in [5, 5.41) is 10.3. The van der Waals surface area contributed by atoms with Gasteiger partial charge in [-0.05, 0) is 55.3 Å². The van der Waals surface area contributed by atoms with Crippen LogP contribution in [0.25, 0.3) is 17.2 Å². The van der Waals surface area contributed by atoms with Crippen LogP contribution in [-0.2, 0) is 37.1 Å². The fourth-order valence-corrected chi connectivity index (χ4v) is 7.66. The van der Waals surface area contributed by atoms with Crippen LogP contribution in [0, 0.1) is 6.92 Å². The molecule has 0 unspecified atom stereocenters. The lowest BCUT2D eigenvalue weighted by molar-refractivity contribution is -0.137. The van der Waals surface area contributed by atoms with Crippen molar-refractivity contribution < 1.29 is 32.2 Å². The Morgan fingerprint density at radius 1 is 1.02 bits per heavy atom. The van der Waals surface area contributed by atoms with Crippen LogP contribution in [0.3, 0.4) is 0 Å². The predicted octanol–water partition coefficient (Wildman–Crippen LogP) is 5.55. The standard InChI is InChI=1S/C42H40ClF3N10O5/c1-3-32-36(53-14-16-54(17-15-53)39(58)35-37(25(2)48-24-49-35)61-23-26-7-5-4-6-8-26)40(59)56-41(51-38(52-56)27-9-12-33-28(19-27)21-47-13-18-60-33)55(32)22-34(57)50-31-11-10-29(20-30(31)43)42(44,45)46/h4-12,19-20,24,47H,3,13-18,21-23H2,1-2H3,(H,50,57). The monoisotopic (exact) mass is 856 g/mol. The average Bonchev–Trinajstić information content (AvgIpc) is 3.57. The number of hydrogen-bond acceptors (Lipinski definition) is 11. The van der Waals surface area contributed by atoms with Crippen molar-refractivity contribution in [1.29, 1.82) is 0 Å². The molecular weight excluding hydrogens is 817 g/mol. The summed E-state index contributed by atoms with van der Waals surface area (Å²) in [6.45, 7) is 6.07. The summed E-state index contributed by atoms with van der Waals surface area (Å²) < 4.78 is 54.7. The Kier molecular flexibility index (Phi) is 11.6. The number of hydrogen-bond donors (Lipinski definition) is 2. The smallest absolute Gasteiger partial charge is 0.416 e. The minimum absolute atomic E-state index is 0.0220. The molecule has 19 heteroatoms. The maximum atomic E-state index is 14.6. The molecule has 0 atom stereocenters. The van der Waals surface area contributed by atoms with E-state index in [1.807, 2.05) is 54.3 Å². The molecule has 15 nitrogen and oxygen atoms in total. The van der Waals surface area contributed by atoms with Gasteiger partial charge in [0.25, 0.3) is 11.5 Å². The summed E-state index contributed by atoms with van der Waals surface area (Å²) in [5.41, 5.74) is 2.32. The summed E-state index contributed by atoms with van der Waals surface area (Å²) in [4.78, 5) is 59.1. The number of ether oxygens (including phenoxy) is 2. The van der Waals surface area contributed by atoms with Gasteiger partial charge in [-0.15, -0.1) is 5.10 Å². The Bertz CT molecular complexity index is 2680. The summed E-state index contributed by atoms with van der Waals surface area (Å²) in [6.07, 6.45) is -3.02. The molecule has 1 fully saturated rings. The van der Waals surface area contributed by atoms with E-state index < -0.39 is 29.8 Å². The number of carbonyl (C=O) groups is 2. The van der Waals surface area contributed by atoms with Crippen LogP contribution in [0.5, 0.6) is 11.5 Å². The van der Waals surface area contributed by atoms with Gasteiger partial charge in [0.15, 0.2) is 17.3 Å². The van der Waals surface area contributed by atoms with Crippen molar-refractivity contribution in [2.24, 2.45) is 0 Å². The number of fused-ring (bicyclic) bond motifs is 2. The number of anilines is 2. The Morgan fingerprint density at radius 2 is 1.80 bits per heavy atom. The van der Waals surface area contributed by atoms with Gasteiger partial charge in [0.2, 0.25) is 11.7 Å². The number of benzene rings is 3. The zero-order valence-electron chi connectivity index (χ0n) is 33.1. The van der Waals surface area contributed by atoms with Gasteiger partial charge in [0.05, 0.1) is 27.7 Å². The number of halogens is 4. The maximum Gasteiger partial charge on any atom is 0.416 e. The van der Waals surface area contributed by atoms with Crippen LogP contribution >= 0.6 is 11.6 Å². The summed E-state index contributed by atoms with van der Waals surface area (Å²) in [6, 6.07) is 17.7. The van der Waals surface area contributed by atoms with Gasteiger partial charge in [0.1, 0.15) is 37.5 Å². The highest BCUT2D eigenvalue weighted by atomic mass is 35.5. The Hall–Kier alpha value is -6.53. The van der Waals surface area contributed by atoms with Crippen molar-refractivity contribution >= 4 is 40.6 Å². The van der Waals surface area contributed by atoms with Crippen LogP contribution in [0.4, 0.5) is 24.5 Å². The maximum absolute atomic E-state index is 14.6. The molecule has 3 aromatic carbocycles. The lowest BCUT2D eigenvalue weighted by atomic mass is 10.1. The van der Waals surface area contributed by atoms with Gasteiger partial charge in [-0.3, -0.25) is 14.4 Å². The van der Waals surface area contributed by atoms with Gasteiger partial charge in [-0.25, -0.2) is 9.97 Å². The van der Waals surface area contributed by atoms with Crippen LogP contribution in [0.2, 0.25) is 5.02 Å². The van der Waals surface area contributed by atoms with E-state index in [0.717, 1.165) is 39.6 Å². The number of nitrogens with zero attached hydrogens (tertiary/aromatic N) is 8. The number of aryl methyl sites for hydroxylation is 1. The van der Waals surface area contributed by atoms with E-state index in [9.17, 15) is 27.6 Å². The molecule has 5 heterocycles. The molecule has 2 aliphatic heterocycles. The molecule has 2 amide bonds. The van der Waals surface area contributed by atoms with E-state index in [1.165, 1.54) is 6.33 Å². The number of nitrogens with one attached hydrogen (secondary N) is 2. The molecule has 8 rings (SSSR count). The van der Waals surface area contributed by atoms with Gasteiger partial charge < -0.3 is 34.5 Å². The second-order valence-corrected chi connectivity index (χ2v) is 14.9. The molecule has 0 radical (unpaired) electrons. The molecule has 2 N–H and O–H groups in total. The Labute approximate surface area is 352 Å². The normalized spacial score (nSPS) is 14.3. The number of amides is 2. The molecule has 0 aliphatic carbocycles.